The molecule has 0 aromatic carbocycles. The van der Waals surface area contributed by atoms with E-state index in [4.69, 9.17) is 5.11 Å². The van der Waals surface area contributed by atoms with Gasteiger partial charge in [-0.05, 0) is 25.8 Å². The summed E-state index contributed by atoms with van der Waals surface area (Å²) in [6.45, 7) is 1.75. The first-order valence-electron chi connectivity index (χ1n) is 5.28. The Morgan fingerprint density at radius 2 is 2.29 bits per heavy atom. The summed E-state index contributed by atoms with van der Waals surface area (Å²) in [5.74, 6) is -3.23. The molecule has 1 unspecified atom stereocenters. The van der Waals surface area contributed by atoms with Crippen molar-refractivity contribution in [2.45, 2.75) is 25.8 Å². The molecule has 0 saturated heterocycles. The summed E-state index contributed by atoms with van der Waals surface area (Å²) in [6, 6.07) is 0.900. The van der Waals surface area contributed by atoms with E-state index in [0.29, 0.717) is 12.8 Å². The van der Waals surface area contributed by atoms with Gasteiger partial charge in [-0.1, -0.05) is 0 Å². The fourth-order valence-electron chi connectivity index (χ4n) is 1.36. The minimum atomic E-state index is -1.29. The molecule has 1 atom stereocenters. The molecule has 17 heavy (non-hydrogen) atoms. The zero-order valence-electron chi connectivity index (χ0n) is 9.41. The zero-order valence-corrected chi connectivity index (χ0v) is 9.41. The van der Waals surface area contributed by atoms with Crippen LogP contribution in [-0.2, 0) is 0 Å². The van der Waals surface area contributed by atoms with Gasteiger partial charge in [0.1, 0.15) is 0 Å². The van der Waals surface area contributed by atoms with Crippen LogP contribution in [0.25, 0.3) is 0 Å². The molecule has 1 aromatic heterocycles. The van der Waals surface area contributed by atoms with Crippen LogP contribution in [0.4, 0.5) is 8.78 Å². The monoisotopic (exact) mass is 244 g/mol. The summed E-state index contributed by atoms with van der Waals surface area (Å²) in [7, 11) is 0. The van der Waals surface area contributed by atoms with Crippen molar-refractivity contribution in [2.24, 2.45) is 0 Å². The number of amides is 1. The molecule has 94 valence electrons. The number of nitrogens with zero attached hydrogens (tertiary/aromatic N) is 1. The highest BCUT2D eigenvalue weighted by molar-refractivity contribution is 5.94. The van der Waals surface area contributed by atoms with Gasteiger partial charge in [0.15, 0.2) is 5.82 Å². The second-order valence-corrected chi connectivity index (χ2v) is 3.70. The minimum absolute atomic E-state index is 0.0262. The predicted molar refractivity (Wildman–Crippen MR) is 57.4 cm³/mol. The molecule has 1 amide bonds. The van der Waals surface area contributed by atoms with Crippen molar-refractivity contribution in [1.29, 1.82) is 0 Å². The van der Waals surface area contributed by atoms with Gasteiger partial charge in [0.05, 0.1) is 5.56 Å². The third kappa shape index (κ3) is 3.74. The average Bonchev–Trinajstić information content (AvgIpc) is 2.29. The molecule has 0 aliphatic rings. The molecule has 0 fully saturated rings. The Bertz CT molecular complexity index is 399. The molecule has 1 heterocycles. The molecule has 1 aromatic rings. The summed E-state index contributed by atoms with van der Waals surface area (Å²) in [4.78, 5) is 14.7. The van der Waals surface area contributed by atoms with Crippen LogP contribution in [0.15, 0.2) is 12.3 Å². The van der Waals surface area contributed by atoms with Crippen LogP contribution < -0.4 is 5.32 Å². The minimum Gasteiger partial charge on any atom is -0.396 e. The molecule has 6 heteroatoms. The third-order valence-corrected chi connectivity index (χ3v) is 2.26. The van der Waals surface area contributed by atoms with Gasteiger partial charge in [-0.15, -0.1) is 0 Å². The van der Waals surface area contributed by atoms with Crippen molar-refractivity contribution in [2.75, 3.05) is 6.61 Å². The number of aliphatic hydroxyl groups excluding tert-OH is 1. The van der Waals surface area contributed by atoms with E-state index < -0.39 is 17.7 Å². The van der Waals surface area contributed by atoms with E-state index in [9.17, 15) is 13.6 Å². The number of aromatic nitrogens is 1. The highest BCUT2D eigenvalue weighted by Crippen LogP contribution is 2.09. The van der Waals surface area contributed by atoms with Crippen molar-refractivity contribution < 1.29 is 18.7 Å². The number of halogens is 2. The molecule has 1 rings (SSSR count). The van der Waals surface area contributed by atoms with E-state index in [1.165, 1.54) is 0 Å². The van der Waals surface area contributed by atoms with Gasteiger partial charge in [0.25, 0.3) is 5.91 Å². The van der Waals surface area contributed by atoms with E-state index in [1.54, 1.807) is 6.92 Å². The van der Waals surface area contributed by atoms with Crippen molar-refractivity contribution in [3.63, 3.8) is 0 Å². The Labute approximate surface area is 97.7 Å². The van der Waals surface area contributed by atoms with Gasteiger partial charge in [-0.25, -0.2) is 9.37 Å². The van der Waals surface area contributed by atoms with Crippen LogP contribution in [-0.4, -0.2) is 28.6 Å². The maximum Gasteiger partial charge on any atom is 0.254 e. The SMILES string of the molecule is CC(CCCO)NC(=O)c1ccnc(F)c1F. The lowest BCUT2D eigenvalue weighted by molar-refractivity contribution is 0.0931. The molecule has 0 radical (unpaired) electrons. The van der Waals surface area contributed by atoms with E-state index in [2.05, 4.69) is 10.3 Å². The fraction of sp³-hybridized carbons (Fsp3) is 0.455. The lowest BCUT2D eigenvalue weighted by Gasteiger charge is -2.13. The van der Waals surface area contributed by atoms with E-state index in [0.717, 1.165) is 12.3 Å². The molecule has 0 aliphatic heterocycles. The summed E-state index contributed by atoms with van der Waals surface area (Å²) < 4.78 is 26.0. The van der Waals surface area contributed by atoms with Crippen LogP contribution in [0.2, 0.25) is 0 Å². The van der Waals surface area contributed by atoms with Crippen LogP contribution in [0.5, 0.6) is 0 Å². The number of pyridine rings is 1. The number of carbonyl (C=O) groups excluding carboxylic acids is 1. The first-order chi connectivity index (χ1) is 8.06. The molecule has 0 aliphatic carbocycles. The average molecular weight is 244 g/mol. The van der Waals surface area contributed by atoms with Gasteiger partial charge in [0, 0.05) is 18.8 Å². The highest BCUT2D eigenvalue weighted by atomic mass is 19.2. The van der Waals surface area contributed by atoms with Crippen molar-refractivity contribution >= 4 is 5.91 Å². The molecular weight excluding hydrogens is 230 g/mol. The van der Waals surface area contributed by atoms with E-state index in [1.807, 2.05) is 0 Å². The van der Waals surface area contributed by atoms with Crippen molar-refractivity contribution in [1.82, 2.24) is 10.3 Å². The normalized spacial score (nSPS) is 12.2. The highest BCUT2D eigenvalue weighted by Gasteiger charge is 2.17. The Balaban J connectivity index is 2.67. The molecular formula is C11H14F2N2O2. The zero-order chi connectivity index (χ0) is 12.8. The maximum absolute atomic E-state index is 13.2. The Hall–Kier alpha value is -1.56. The summed E-state index contributed by atoms with van der Waals surface area (Å²) in [5.41, 5.74) is -0.367. The Morgan fingerprint density at radius 1 is 1.59 bits per heavy atom. The largest absolute Gasteiger partial charge is 0.396 e. The van der Waals surface area contributed by atoms with Gasteiger partial charge >= 0.3 is 0 Å². The van der Waals surface area contributed by atoms with Crippen molar-refractivity contribution in [3.8, 4) is 0 Å². The summed E-state index contributed by atoms with van der Waals surface area (Å²) in [5, 5.41) is 11.1. The van der Waals surface area contributed by atoms with Gasteiger partial charge in [0.2, 0.25) is 5.95 Å². The second kappa shape index (κ2) is 6.24. The Kier molecular flexibility index (Phi) is 4.96. The molecule has 2 N–H and O–H groups in total. The fourth-order valence-corrected chi connectivity index (χ4v) is 1.36. The molecule has 0 saturated carbocycles. The quantitative estimate of drug-likeness (QED) is 0.766. The second-order valence-electron chi connectivity index (χ2n) is 3.70. The first kappa shape index (κ1) is 13.5. The summed E-state index contributed by atoms with van der Waals surface area (Å²) in [6.07, 6.45) is 2.14. The van der Waals surface area contributed by atoms with Crippen LogP contribution in [0, 0.1) is 11.8 Å². The van der Waals surface area contributed by atoms with Crippen LogP contribution >= 0.6 is 0 Å². The van der Waals surface area contributed by atoms with Crippen LogP contribution in [0.3, 0.4) is 0 Å². The molecule has 0 spiro atoms. The number of aliphatic hydroxyl groups is 1. The molecule has 0 bridgehead atoms. The smallest absolute Gasteiger partial charge is 0.254 e. The number of carbonyl (C=O) groups is 1. The Morgan fingerprint density at radius 3 is 2.94 bits per heavy atom. The third-order valence-electron chi connectivity index (χ3n) is 2.26. The van der Waals surface area contributed by atoms with E-state index in [-0.39, 0.29) is 18.2 Å². The van der Waals surface area contributed by atoms with Crippen LogP contribution in [0.1, 0.15) is 30.1 Å². The van der Waals surface area contributed by atoms with Gasteiger partial charge < -0.3 is 10.4 Å². The first-order valence-corrected chi connectivity index (χ1v) is 5.28. The van der Waals surface area contributed by atoms with Crippen molar-refractivity contribution in [3.05, 3.63) is 29.6 Å². The lowest BCUT2D eigenvalue weighted by Crippen LogP contribution is -2.33. The maximum atomic E-state index is 13.2. The topological polar surface area (TPSA) is 62.2 Å². The van der Waals surface area contributed by atoms with Gasteiger partial charge in [-0.3, -0.25) is 4.79 Å². The summed E-state index contributed by atoms with van der Waals surface area (Å²) >= 11 is 0. The molecule has 4 nitrogen and oxygen atoms in total. The standard InChI is InChI=1S/C11H14F2N2O2/c1-7(3-2-6-16)15-11(17)8-4-5-14-10(13)9(8)12/h4-5,7,16H,2-3,6H2,1H3,(H,15,17). The van der Waals surface area contributed by atoms with Gasteiger partial charge in [-0.2, -0.15) is 4.39 Å². The number of nitrogens with one attached hydrogen (secondary N) is 1. The lowest BCUT2D eigenvalue weighted by atomic mass is 10.1. The van der Waals surface area contributed by atoms with E-state index >= 15 is 0 Å². The predicted octanol–water partition coefficient (Wildman–Crippen LogP) is 1.25. The number of hydrogen-bond acceptors (Lipinski definition) is 3. The number of hydrogen-bond donors (Lipinski definition) is 2. The number of rotatable bonds is 5.